The molecule has 0 radical (unpaired) electrons. The third kappa shape index (κ3) is 10.8. The number of nitrogens with one attached hydrogen (secondary N) is 1. The van der Waals surface area contributed by atoms with Crippen LogP contribution in [0.25, 0.3) is 0 Å². The molecule has 2 aromatic rings. The van der Waals surface area contributed by atoms with Crippen LogP contribution >= 0.6 is 0 Å². The second-order valence-corrected chi connectivity index (χ2v) is 10.8. The first-order chi connectivity index (χ1) is 18.5. The van der Waals surface area contributed by atoms with Gasteiger partial charge in [-0.3, -0.25) is 0 Å². The molecule has 39 heavy (non-hydrogen) atoms. The zero-order valence-corrected chi connectivity index (χ0v) is 22.8. The number of hydrogen-bond donors (Lipinski definition) is 1. The maximum atomic E-state index is 13.2. The molecule has 2 fully saturated rings. The van der Waals surface area contributed by atoms with Crippen molar-refractivity contribution in [2.24, 2.45) is 0 Å². The van der Waals surface area contributed by atoms with Gasteiger partial charge in [-0.25, -0.2) is 22.4 Å². The number of ether oxygens (including phenoxy) is 3. The van der Waals surface area contributed by atoms with Crippen LogP contribution in [0.5, 0.6) is 0 Å². The number of likely N-dealkylation sites (tertiary alicyclic amines) is 1. The molecule has 0 saturated carbocycles. The summed E-state index contributed by atoms with van der Waals surface area (Å²) in [4.78, 5) is 13.7. The summed E-state index contributed by atoms with van der Waals surface area (Å²) in [5, 5.41) is 3.23. The highest BCUT2D eigenvalue weighted by Crippen LogP contribution is 2.19. The Hall–Kier alpha value is -2.69. The summed E-state index contributed by atoms with van der Waals surface area (Å²) in [5.74, 6) is -3.39. The summed E-state index contributed by atoms with van der Waals surface area (Å²) in [6.07, 6.45) is 3.47. The fourth-order valence-electron chi connectivity index (χ4n) is 4.22. The largest absolute Gasteiger partial charge is 0.444 e. The van der Waals surface area contributed by atoms with Gasteiger partial charge in [-0.2, -0.15) is 0 Å². The van der Waals surface area contributed by atoms with E-state index in [0.29, 0.717) is 30.8 Å². The highest BCUT2D eigenvalue weighted by Gasteiger charge is 2.28. The zero-order valence-electron chi connectivity index (χ0n) is 22.8. The summed E-state index contributed by atoms with van der Waals surface area (Å²) in [7, 11) is 0. The first-order valence-corrected chi connectivity index (χ1v) is 13.3. The predicted octanol–water partition coefficient (Wildman–Crippen LogP) is 6.11. The Balaban J connectivity index is 0.000000230. The molecule has 10 heteroatoms. The quantitative estimate of drug-likeness (QED) is 0.437. The maximum absolute atomic E-state index is 13.2. The molecule has 0 aliphatic carbocycles. The van der Waals surface area contributed by atoms with Gasteiger partial charge in [0.25, 0.3) is 0 Å². The zero-order chi connectivity index (χ0) is 28.4. The number of carbonyl (C=O) groups excluding carboxylic acids is 1. The van der Waals surface area contributed by atoms with E-state index in [-0.39, 0.29) is 24.9 Å². The van der Waals surface area contributed by atoms with E-state index in [9.17, 15) is 22.4 Å². The molecule has 0 spiro atoms. The van der Waals surface area contributed by atoms with Crippen molar-refractivity contribution in [2.75, 3.05) is 26.2 Å². The van der Waals surface area contributed by atoms with E-state index >= 15 is 0 Å². The van der Waals surface area contributed by atoms with Gasteiger partial charge in [-0.15, -0.1) is 0 Å². The van der Waals surface area contributed by atoms with Crippen LogP contribution in [-0.4, -0.2) is 55.0 Å². The Morgan fingerprint density at radius 3 is 1.95 bits per heavy atom. The lowest BCUT2D eigenvalue weighted by Gasteiger charge is -2.34. The van der Waals surface area contributed by atoms with Crippen molar-refractivity contribution in [1.82, 2.24) is 10.2 Å². The van der Waals surface area contributed by atoms with Crippen LogP contribution in [0.4, 0.5) is 22.4 Å². The molecule has 4 rings (SSSR count). The number of nitrogens with zero attached hydrogens (tertiary/aromatic N) is 1. The van der Waals surface area contributed by atoms with Gasteiger partial charge in [0.15, 0.2) is 23.3 Å². The van der Waals surface area contributed by atoms with Gasteiger partial charge >= 0.3 is 6.09 Å². The van der Waals surface area contributed by atoms with E-state index in [4.69, 9.17) is 14.2 Å². The molecule has 0 bridgehead atoms. The van der Waals surface area contributed by atoms with Crippen molar-refractivity contribution in [3.05, 3.63) is 70.8 Å². The summed E-state index contributed by atoms with van der Waals surface area (Å²) in [6.45, 7) is 8.95. The fraction of sp³-hybridized carbons (Fsp3) is 0.552. The van der Waals surface area contributed by atoms with Crippen LogP contribution < -0.4 is 5.32 Å². The van der Waals surface area contributed by atoms with Crippen molar-refractivity contribution in [3.8, 4) is 0 Å². The first kappa shape index (κ1) is 30.8. The molecule has 2 saturated heterocycles. The van der Waals surface area contributed by atoms with Crippen molar-refractivity contribution in [3.63, 3.8) is 0 Å². The van der Waals surface area contributed by atoms with Crippen molar-refractivity contribution < 1.29 is 36.6 Å². The number of carbonyl (C=O) groups is 1. The molecule has 2 aliphatic heterocycles. The monoisotopic (exact) mass is 554 g/mol. The number of amides is 1. The molecule has 1 amide bonds. The van der Waals surface area contributed by atoms with E-state index in [1.807, 2.05) is 20.8 Å². The average Bonchev–Trinajstić information content (AvgIpc) is 2.90. The highest BCUT2D eigenvalue weighted by atomic mass is 19.2. The van der Waals surface area contributed by atoms with Gasteiger partial charge in [0.05, 0.1) is 32.0 Å². The fourth-order valence-corrected chi connectivity index (χ4v) is 4.22. The normalized spacial score (nSPS) is 19.7. The lowest BCUT2D eigenvalue weighted by atomic mass is 10.1. The highest BCUT2D eigenvalue weighted by molar-refractivity contribution is 5.68. The molecule has 2 heterocycles. The second-order valence-electron chi connectivity index (χ2n) is 10.8. The van der Waals surface area contributed by atoms with Crippen molar-refractivity contribution in [2.45, 2.75) is 77.5 Å². The third-order valence-corrected chi connectivity index (χ3v) is 6.22. The lowest BCUT2D eigenvalue weighted by molar-refractivity contribution is -0.0259. The average molecular weight is 555 g/mol. The van der Waals surface area contributed by atoms with E-state index in [0.717, 1.165) is 57.0 Å². The smallest absolute Gasteiger partial charge is 0.410 e. The standard InChI is InChI=1S/C17H23F2NO3.C12H15F2NO/c1-17(2,3)23-16(21)20-8-4-5-13(10-20)22-11-12-6-7-14(18)15(19)9-12;13-11-4-3-9(6-12(11)14)8-16-10-2-1-5-15-7-10/h6-7,9,13H,4-5,8,10-11H2,1-3H3;3-4,6,10,15H,1-2,5,7-8H2. The Bertz CT molecular complexity index is 1070. The van der Waals surface area contributed by atoms with Gasteiger partial charge < -0.3 is 24.4 Å². The van der Waals surface area contributed by atoms with Crippen LogP contribution in [0.1, 0.15) is 57.6 Å². The van der Waals surface area contributed by atoms with Gasteiger partial charge in [0.1, 0.15) is 5.60 Å². The maximum Gasteiger partial charge on any atom is 0.410 e. The van der Waals surface area contributed by atoms with Crippen molar-refractivity contribution in [1.29, 1.82) is 0 Å². The molecule has 1 N–H and O–H groups in total. The molecular formula is C29H38F4N2O4. The van der Waals surface area contributed by atoms with Crippen LogP contribution in [0.3, 0.4) is 0 Å². The van der Waals surface area contributed by atoms with Crippen LogP contribution in [0.15, 0.2) is 36.4 Å². The van der Waals surface area contributed by atoms with E-state index < -0.39 is 28.9 Å². The molecule has 2 unspecified atom stereocenters. The van der Waals surface area contributed by atoms with Gasteiger partial charge in [0.2, 0.25) is 0 Å². The summed E-state index contributed by atoms with van der Waals surface area (Å²) >= 11 is 0. The van der Waals surface area contributed by atoms with E-state index in [1.165, 1.54) is 12.1 Å². The molecule has 2 aliphatic rings. The van der Waals surface area contributed by atoms with E-state index in [1.54, 1.807) is 11.0 Å². The number of piperidine rings is 2. The Morgan fingerprint density at radius 2 is 1.44 bits per heavy atom. The summed E-state index contributed by atoms with van der Waals surface area (Å²) in [6, 6.07) is 7.58. The molecular weight excluding hydrogens is 516 g/mol. The van der Waals surface area contributed by atoms with Gasteiger partial charge in [-0.1, -0.05) is 12.1 Å². The minimum Gasteiger partial charge on any atom is -0.444 e. The molecule has 2 aromatic carbocycles. The molecule has 6 nitrogen and oxygen atoms in total. The number of halogens is 4. The lowest BCUT2D eigenvalue weighted by Crippen LogP contribution is -2.45. The topological polar surface area (TPSA) is 60.0 Å². The van der Waals surface area contributed by atoms with Gasteiger partial charge in [-0.05, 0) is 88.4 Å². The van der Waals surface area contributed by atoms with E-state index in [2.05, 4.69) is 5.32 Å². The second kappa shape index (κ2) is 14.6. The van der Waals surface area contributed by atoms with Crippen LogP contribution in [0, 0.1) is 23.3 Å². The predicted molar refractivity (Wildman–Crippen MR) is 139 cm³/mol. The van der Waals surface area contributed by atoms with Gasteiger partial charge in [0, 0.05) is 13.1 Å². The molecule has 2 atom stereocenters. The summed E-state index contributed by atoms with van der Waals surface area (Å²) < 4.78 is 68.3. The number of benzene rings is 2. The molecule has 0 aromatic heterocycles. The van der Waals surface area contributed by atoms with Crippen LogP contribution in [0.2, 0.25) is 0 Å². The number of rotatable bonds is 6. The number of hydrogen-bond acceptors (Lipinski definition) is 5. The first-order valence-electron chi connectivity index (χ1n) is 13.3. The molecule has 216 valence electrons. The Morgan fingerprint density at radius 1 is 0.872 bits per heavy atom. The third-order valence-electron chi connectivity index (χ3n) is 6.22. The minimum atomic E-state index is -0.884. The summed E-state index contributed by atoms with van der Waals surface area (Å²) in [5.41, 5.74) is 0.707. The van der Waals surface area contributed by atoms with Crippen LogP contribution in [-0.2, 0) is 27.4 Å². The Kier molecular flexibility index (Phi) is 11.6. The Labute approximate surface area is 227 Å². The SMILES string of the molecule is CC(C)(C)OC(=O)N1CCCC(OCc2ccc(F)c(F)c2)C1.Fc1ccc(COC2CCCNC2)cc1F. The van der Waals surface area contributed by atoms with Crippen molar-refractivity contribution >= 4 is 6.09 Å². The minimum absolute atomic E-state index is 0.135.